The van der Waals surface area contributed by atoms with Crippen LogP contribution in [-0.2, 0) is 0 Å². The number of rotatable bonds is 7. The van der Waals surface area contributed by atoms with Gasteiger partial charge in [0.05, 0.1) is 0 Å². The van der Waals surface area contributed by atoms with Crippen LogP contribution in [0.4, 0.5) is 0 Å². The second-order valence-corrected chi connectivity index (χ2v) is 5.78. The first-order valence-corrected chi connectivity index (χ1v) is 6.59. The topological polar surface area (TPSA) is 32.3 Å². The first kappa shape index (κ1) is 14.3. The zero-order chi connectivity index (χ0) is 11.0. The molecule has 0 amide bonds. The lowest BCUT2D eigenvalue weighted by Gasteiger charge is -2.31. The summed E-state index contributed by atoms with van der Waals surface area (Å²) < 4.78 is 0. The average molecular weight is 219 g/mol. The summed E-state index contributed by atoms with van der Waals surface area (Å²) in [6.07, 6.45) is 0.910. The molecule has 0 saturated heterocycles. The predicted octanol–water partition coefficient (Wildman–Crippen LogP) is 2.13. The van der Waals surface area contributed by atoms with Crippen LogP contribution in [0.25, 0.3) is 0 Å². The Morgan fingerprint density at radius 3 is 2.43 bits per heavy atom. The number of aliphatic hydroxyl groups excluding tert-OH is 1. The Labute approximate surface area is 92.9 Å². The molecule has 0 heterocycles. The first-order chi connectivity index (χ1) is 6.52. The zero-order valence-electron chi connectivity index (χ0n) is 9.97. The van der Waals surface area contributed by atoms with Crippen LogP contribution in [0, 0.1) is 5.41 Å². The van der Waals surface area contributed by atoms with Crippen molar-refractivity contribution in [3.05, 3.63) is 0 Å². The van der Waals surface area contributed by atoms with Crippen molar-refractivity contribution in [2.45, 2.75) is 40.2 Å². The molecule has 0 aromatic rings. The van der Waals surface area contributed by atoms with Gasteiger partial charge in [-0.1, -0.05) is 27.7 Å². The van der Waals surface area contributed by atoms with Crippen molar-refractivity contribution in [2.75, 3.05) is 24.7 Å². The normalized spacial score (nSPS) is 14.4. The van der Waals surface area contributed by atoms with Gasteiger partial charge in [-0.25, -0.2) is 0 Å². The molecule has 14 heavy (non-hydrogen) atoms. The van der Waals surface area contributed by atoms with E-state index in [0.29, 0.717) is 18.1 Å². The monoisotopic (exact) mass is 219 g/mol. The van der Waals surface area contributed by atoms with Gasteiger partial charge in [0, 0.05) is 18.4 Å². The van der Waals surface area contributed by atoms with Crippen molar-refractivity contribution in [3.63, 3.8) is 0 Å². The quantitative estimate of drug-likeness (QED) is 0.643. The second kappa shape index (κ2) is 7.55. The maximum atomic E-state index is 8.67. The molecule has 0 spiro atoms. The molecule has 1 unspecified atom stereocenters. The van der Waals surface area contributed by atoms with E-state index in [9.17, 15) is 0 Å². The fourth-order valence-electron chi connectivity index (χ4n) is 1.23. The van der Waals surface area contributed by atoms with E-state index in [4.69, 9.17) is 5.11 Å². The number of hydrogen-bond acceptors (Lipinski definition) is 3. The second-order valence-electron chi connectivity index (χ2n) is 4.63. The third-order valence-electron chi connectivity index (χ3n) is 2.23. The molecule has 0 aliphatic heterocycles. The van der Waals surface area contributed by atoms with Crippen LogP contribution in [0.15, 0.2) is 0 Å². The minimum absolute atomic E-state index is 0.314. The molecule has 0 aliphatic carbocycles. The fraction of sp³-hybridized carbons (Fsp3) is 1.00. The molecular formula is C11H25NOS. The summed E-state index contributed by atoms with van der Waals surface area (Å²) in [5, 5.41) is 12.2. The van der Waals surface area contributed by atoms with Crippen molar-refractivity contribution in [1.29, 1.82) is 0 Å². The van der Waals surface area contributed by atoms with E-state index in [1.165, 1.54) is 0 Å². The van der Waals surface area contributed by atoms with Crippen LogP contribution >= 0.6 is 11.8 Å². The van der Waals surface area contributed by atoms with Crippen molar-refractivity contribution < 1.29 is 5.11 Å². The summed E-state index contributed by atoms with van der Waals surface area (Å²) >= 11 is 1.93. The summed E-state index contributed by atoms with van der Waals surface area (Å²) in [6.45, 7) is 10.3. The number of thioether (sulfide) groups is 1. The van der Waals surface area contributed by atoms with Crippen LogP contribution in [0.1, 0.15) is 34.1 Å². The van der Waals surface area contributed by atoms with E-state index in [1.807, 2.05) is 11.8 Å². The van der Waals surface area contributed by atoms with Gasteiger partial charge in [-0.15, -0.1) is 0 Å². The third-order valence-corrected chi connectivity index (χ3v) is 3.37. The Morgan fingerprint density at radius 1 is 1.36 bits per heavy atom. The largest absolute Gasteiger partial charge is 0.396 e. The molecule has 0 rings (SSSR count). The van der Waals surface area contributed by atoms with Gasteiger partial charge >= 0.3 is 0 Å². The van der Waals surface area contributed by atoms with E-state index in [2.05, 4.69) is 33.0 Å². The average Bonchev–Trinajstić information content (AvgIpc) is 2.08. The van der Waals surface area contributed by atoms with Gasteiger partial charge in [0.25, 0.3) is 0 Å². The van der Waals surface area contributed by atoms with Crippen molar-refractivity contribution in [2.24, 2.45) is 5.41 Å². The van der Waals surface area contributed by atoms with Gasteiger partial charge in [-0.2, -0.15) is 11.8 Å². The van der Waals surface area contributed by atoms with E-state index in [0.717, 1.165) is 24.5 Å². The highest BCUT2D eigenvalue weighted by molar-refractivity contribution is 7.99. The van der Waals surface area contributed by atoms with E-state index < -0.39 is 0 Å². The Balaban J connectivity index is 3.74. The molecular weight excluding hydrogens is 194 g/mol. The Kier molecular flexibility index (Phi) is 7.69. The van der Waals surface area contributed by atoms with Crippen LogP contribution in [-0.4, -0.2) is 35.8 Å². The summed E-state index contributed by atoms with van der Waals surface area (Å²) in [6, 6.07) is 0.566. The Hall–Kier alpha value is 0.270. The maximum Gasteiger partial charge on any atom is 0.0438 e. The number of nitrogens with one attached hydrogen (secondary N) is 1. The molecule has 0 bridgehead atoms. The van der Waals surface area contributed by atoms with Gasteiger partial charge in [-0.3, -0.25) is 0 Å². The standard InChI is InChI=1S/C11H25NOS/c1-5-12-10(11(2,3)4)9-14-8-6-7-13/h10,12-13H,5-9H2,1-4H3. The maximum absolute atomic E-state index is 8.67. The highest BCUT2D eigenvalue weighted by Crippen LogP contribution is 2.22. The molecule has 0 aromatic heterocycles. The SMILES string of the molecule is CCNC(CSCCCO)C(C)(C)C. The Morgan fingerprint density at radius 2 is 2.00 bits per heavy atom. The molecule has 1 atom stereocenters. The summed E-state index contributed by atoms with van der Waals surface area (Å²) in [4.78, 5) is 0. The van der Waals surface area contributed by atoms with Gasteiger partial charge in [0.2, 0.25) is 0 Å². The zero-order valence-corrected chi connectivity index (χ0v) is 10.8. The highest BCUT2D eigenvalue weighted by atomic mass is 32.2. The minimum atomic E-state index is 0.314. The summed E-state index contributed by atoms with van der Waals surface area (Å²) in [5.74, 6) is 2.20. The molecule has 86 valence electrons. The number of aliphatic hydroxyl groups is 1. The molecule has 0 aliphatic rings. The van der Waals surface area contributed by atoms with Gasteiger partial charge in [-0.05, 0) is 24.1 Å². The smallest absolute Gasteiger partial charge is 0.0438 e. The number of hydrogen-bond donors (Lipinski definition) is 2. The third kappa shape index (κ3) is 6.68. The minimum Gasteiger partial charge on any atom is -0.396 e. The molecule has 0 aromatic carbocycles. The fourth-order valence-corrected chi connectivity index (χ4v) is 2.58. The Bertz CT molecular complexity index is 134. The lowest BCUT2D eigenvalue weighted by molar-refractivity contribution is 0.293. The molecule has 0 radical (unpaired) electrons. The summed E-state index contributed by atoms with van der Waals surface area (Å²) in [7, 11) is 0. The first-order valence-electron chi connectivity index (χ1n) is 5.44. The molecule has 0 fully saturated rings. The highest BCUT2D eigenvalue weighted by Gasteiger charge is 2.22. The molecule has 2 N–H and O–H groups in total. The van der Waals surface area contributed by atoms with Crippen LogP contribution in [0.3, 0.4) is 0 Å². The van der Waals surface area contributed by atoms with Crippen molar-refractivity contribution in [1.82, 2.24) is 5.32 Å². The molecule has 3 heteroatoms. The molecule has 0 saturated carbocycles. The van der Waals surface area contributed by atoms with Crippen LogP contribution < -0.4 is 5.32 Å². The summed E-state index contributed by atoms with van der Waals surface area (Å²) in [5.41, 5.74) is 0.322. The predicted molar refractivity (Wildman–Crippen MR) is 65.9 cm³/mol. The van der Waals surface area contributed by atoms with Gasteiger partial charge in [0.1, 0.15) is 0 Å². The van der Waals surface area contributed by atoms with Crippen molar-refractivity contribution in [3.8, 4) is 0 Å². The van der Waals surface area contributed by atoms with Crippen molar-refractivity contribution >= 4 is 11.8 Å². The van der Waals surface area contributed by atoms with Gasteiger partial charge < -0.3 is 10.4 Å². The van der Waals surface area contributed by atoms with E-state index in [-0.39, 0.29) is 0 Å². The van der Waals surface area contributed by atoms with E-state index >= 15 is 0 Å². The molecule has 2 nitrogen and oxygen atoms in total. The van der Waals surface area contributed by atoms with Crippen LogP contribution in [0.5, 0.6) is 0 Å². The van der Waals surface area contributed by atoms with Crippen LogP contribution in [0.2, 0.25) is 0 Å². The lowest BCUT2D eigenvalue weighted by atomic mass is 9.88. The van der Waals surface area contributed by atoms with Gasteiger partial charge in [0.15, 0.2) is 0 Å². The lowest BCUT2D eigenvalue weighted by Crippen LogP contribution is -2.42. The van der Waals surface area contributed by atoms with E-state index in [1.54, 1.807) is 0 Å².